The molecule has 3 heteroatoms. The topological polar surface area (TPSA) is 32.3 Å². The summed E-state index contributed by atoms with van der Waals surface area (Å²) in [5.41, 5.74) is 2.84. The van der Waals surface area contributed by atoms with Crippen LogP contribution in [0.25, 0.3) is 0 Å². The van der Waals surface area contributed by atoms with Gasteiger partial charge in [0.15, 0.2) is 0 Å². The number of amides is 1. The summed E-state index contributed by atoms with van der Waals surface area (Å²) < 4.78 is 0. The standard InChI is InChI=1S/C15H22N2O/c1-3-12(2)15(18)16-8-9-17-10-13-6-4-5-7-14(13)11-17/h4-7,12H,3,8-11H2,1-2H3,(H,16,18)/t12-/m0/s1. The van der Waals surface area contributed by atoms with Gasteiger partial charge in [-0.3, -0.25) is 9.69 Å². The summed E-state index contributed by atoms with van der Waals surface area (Å²) >= 11 is 0. The Labute approximate surface area is 109 Å². The van der Waals surface area contributed by atoms with Gasteiger partial charge < -0.3 is 5.32 Å². The van der Waals surface area contributed by atoms with E-state index in [0.717, 1.165) is 32.6 Å². The van der Waals surface area contributed by atoms with Crippen LogP contribution in [0.15, 0.2) is 24.3 Å². The van der Waals surface area contributed by atoms with E-state index in [1.807, 2.05) is 13.8 Å². The molecule has 0 aromatic heterocycles. The number of rotatable bonds is 5. The van der Waals surface area contributed by atoms with Crippen LogP contribution in [0.2, 0.25) is 0 Å². The Kier molecular flexibility index (Phi) is 4.37. The average molecular weight is 246 g/mol. The number of carbonyl (C=O) groups is 1. The van der Waals surface area contributed by atoms with E-state index in [2.05, 4.69) is 34.5 Å². The average Bonchev–Trinajstić information content (AvgIpc) is 2.80. The van der Waals surface area contributed by atoms with E-state index in [1.165, 1.54) is 11.1 Å². The van der Waals surface area contributed by atoms with Crippen molar-refractivity contribution in [2.75, 3.05) is 13.1 Å². The van der Waals surface area contributed by atoms with Crippen molar-refractivity contribution in [2.24, 2.45) is 5.92 Å². The van der Waals surface area contributed by atoms with Gasteiger partial charge in [0.2, 0.25) is 5.91 Å². The molecule has 3 nitrogen and oxygen atoms in total. The van der Waals surface area contributed by atoms with Crippen LogP contribution in [0.1, 0.15) is 31.4 Å². The van der Waals surface area contributed by atoms with Crippen LogP contribution in [0.3, 0.4) is 0 Å². The zero-order valence-electron chi connectivity index (χ0n) is 11.3. The second kappa shape index (κ2) is 6.01. The van der Waals surface area contributed by atoms with E-state index in [1.54, 1.807) is 0 Å². The fourth-order valence-corrected chi connectivity index (χ4v) is 2.26. The number of nitrogens with zero attached hydrogens (tertiary/aromatic N) is 1. The van der Waals surface area contributed by atoms with Crippen molar-refractivity contribution in [3.8, 4) is 0 Å². The number of hydrogen-bond acceptors (Lipinski definition) is 2. The molecule has 1 aromatic rings. The summed E-state index contributed by atoms with van der Waals surface area (Å²) in [5, 5.41) is 3.01. The third-order valence-electron chi connectivity index (χ3n) is 3.69. The van der Waals surface area contributed by atoms with Gasteiger partial charge in [-0.1, -0.05) is 38.1 Å². The molecule has 0 aliphatic carbocycles. The lowest BCUT2D eigenvalue weighted by molar-refractivity contribution is -0.124. The quantitative estimate of drug-likeness (QED) is 0.863. The van der Waals surface area contributed by atoms with Gasteiger partial charge in [-0.05, 0) is 17.5 Å². The fraction of sp³-hybridized carbons (Fsp3) is 0.533. The summed E-state index contributed by atoms with van der Waals surface area (Å²) in [4.78, 5) is 14.0. The van der Waals surface area contributed by atoms with Crippen molar-refractivity contribution in [1.82, 2.24) is 10.2 Å². The summed E-state index contributed by atoms with van der Waals surface area (Å²) in [7, 11) is 0. The maximum Gasteiger partial charge on any atom is 0.222 e. The molecule has 1 aliphatic heterocycles. The Morgan fingerprint density at radius 2 is 1.94 bits per heavy atom. The second-order valence-corrected chi connectivity index (χ2v) is 5.08. The fourth-order valence-electron chi connectivity index (χ4n) is 2.26. The van der Waals surface area contributed by atoms with E-state index in [4.69, 9.17) is 0 Å². The Hall–Kier alpha value is -1.35. The molecule has 1 atom stereocenters. The predicted octanol–water partition coefficient (Wildman–Crippen LogP) is 2.16. The molecule has 1 aromatic carbocycles. The van der Waals surface area contributed by atoms with Crippen LogP contribution in [-0.4, -0.2) is 23.9 Å². The smallest absolute Gasteiger partial charge is 0.222 e. The Morgan fingerprint density at radius 3 is 2.50 bits per heavy atom. The molecule has 1 N–H and O–H groups in total. The molecule has 0 bridgehead atoms. The highest BCUT2D eigenvalue weighted by Gasteiger charge is 2.18. The minimum absolute atomic E-state index is 0.126. The Morgan fingerprint density at radius 1 is 1.33 bits per heavy atom. The highest BCUT2D eigenvalue weighted by Crippen LogP contribution is 2.21. The maximum absolute atomic E-state index is 11.6. The summed E-state index contributed by atoms with van der Waals surface area (Å²) in [6, 6.07) is 8.56. The van der Waals surface area contributed by atoms with Gasteiger partial charge in [0, 0.05) is 32.1 Å². The molecule has 2 rings (SSSR count). The second-order valence-electron chi connectivity index (χ2n) is 5.08. The third kappa shape index (κ3) is 3.10. The van der Waals surface area contributed by atoms with Gasteiger partial charge in [0.25, 0.3) is 0 Å². The lowest BCUT2D eigenvalue weighted by atomic mass is 10.1. The van der Waals surface area contributed by atoms with Gasteiger partial charge in [-0.2, -0.15) is 0 Å². The van der Waals surface area contributed by atoms with Gasteiger partial charge in [-0.15, -0.1) is 0 Å². The minimum atomic E-state index is 0.126. The lowest BCUT2D eigenvalue weighted by Crippen LogP contribution is -2.35. The number of benzene rings is 1. The first kappa shape index (κ1) is 13.1. The number of carbonyl (C=O) groups excluding carboxylic acids is 1. The molecule has 1 amide bonds. The molecular weight excluding hydrogens is 224 g/mol. The molecule has 98 valence electrons. The summed E-state index contributed by atoms with van der Waals surface area (Å²) in [5.74, 6) is 0.301. The molecular formula is C15H22N2O. The van der Waals surface area contributed by atoms with Gasteiger partial charge >= 0.3 is 0 Å². The Bertz CT molecular complexity index is 392. The Balaban J connectivity index is 1.73. The van der Waals surface area contributed by atoms with Gasteiger partial charge in [0.1, 0.15) is 0 Å². The van der Waals surface area contributed by atoms with Gasteiger partial charge in [0.05, 0.1) is 0 Å². The predicted molar refractivity (Wildman–Crippen MR) is 73.0 cm³/mol. The van der Waals surface area contributed by atoms with Crippen LogP contribution in [0.4, 0.5) is 0 Å². The van der Waals surface area contributed by atoms with E-state index in [-0.39, 0.29) is 11.8 Å². The van der Waals surface area contributed by atoms with E-state index in [0.29, 0.717) is 0 Å². The molecule has 0 fully saturated rings. The molecule has 0 saturated carbocycles. The normalized spacial score (nSPS) is 16.3. The first-order chi connectivity index (χ1) is 8.70. The van der Waals surface area contributed by atoms with Crippen molar-refractivity contribution >= 4 is 5.91 Å². The van der Waals surface area contributed by atoms with E-state index >= 15 is 0 Å². The molecule has 0 radical (unpaired) electrons. The van der Waals surface area contributed by atoms with Crippen molar-refractivity contribution in [3.05, 3.63) is 35.4 Å². The minimum Gasteiger partial charge on any atom is -0.355 e. The molecule has 0 saturated heterocycles. The van der Waals surface area contributed by atoms with Crippen molar-refractivity contribution in [2.45, 2.75) is 33.4 Å². The number of nitrogens with one attached hydrogen (secondary N) is 1. The molecule has 0 spiro atoms. The van der Waals surface area contributed by atoms with Crippen molar-refractivity contribution < 1.29 is 4.79 Å². The highest BCUT2D eigenvalue weighted by molar-refractivity contribution is 5.78. The first-order valence-electron chi connectivity index (χ1n) is 6.77. The molecule has 1 aliphatic rings. The third-order valence-corrected chi connectivity index (χ3v) is 3.69. The zero-order valence-corrected chi connectivity index (χ0v) is 11.3. The largest absolute Gasteiger partial charge is 0.355 e. The van der Waals surface area contributed by atoms with Crippen molar-refractivity contribution in [1.29, 1.82) is 0 Å². The molecule has 0 unspecified atom stereocenters. The van der Waals surface area contributed by atoms with E-state index in [9.17, 15) is 4.79 Å². The molecule has 1 heterocycles. The number of fused-ring (bicyclic) bond motifs is 1. The van der Waals surface area contributed by atoms with E-state index < -0.39 is 0 Å². The monoisotopic (exact) mass is 246 g/mol. The van der Waals surface area contributed by atoms with Gasteiger partial charge in [-0.25, -0.2) is 0 Å². The van der Waals surface area contributed by atoms with Crippen molar-refractivity contribution in [3.63, 3.8) is 0 Å². The van der Waals surface area contributed by atoms with Crippen LogP contribution >= 0.6 is 0 Å². The van der Waals surface area contributed by atoms with Crippen LogP contribution in [0.5, 0.6) is 0 Å². The maximum atomic E-state index is 11.6. The van der Waals surface area contributed by atoms with Crippen LogP contribution in [0, 0.1) is 5.92 Å². The molecule has 18 heavy (non-hydrogen) atoms. The highest BCUT2D eigenvalue weighted by atomic mass is 16.1. The number of hydrogen-bond donors (Lipinski definition) is 1. The lowest BCUT2D eigenvalue weighted by Gasteiger charge is -2.16. The summed E-state index contributed by atoms with van der Waals surface area (Å²) in [6.45, 7) is 7.71. The SMILES string of the molecule is CC[C@H](C)C(=O)NCCN1Cc2ccccc2C1. The van der Waals surface area contributed by atoms with Crippen LogP contribution in [-0.2, 0) is 17.9 Å². The first-order valence-corrected chi connectivity index (χ1v) is 6.77. The van der Waals surface area contributed by atoms with Crippen LogP contribution < -0.4 is 5.32 Å². The summed E-state index contributed by atoms with van der Waals surface area (Å²) in [6.07, 6.45) is 0.904. The zero-order chi connectivity index (χ0) is 13.0.